The van der Waals surface area contributed by atoms with Crippen LogP contribution in [0.4, 0.5) is 16.3 Å². The number of amides is 2. The van der Waals surface area contributed by atoms with Crippen molar-refractivity contribution >= 4 is 17.5 Å². The van der Waals surface area contributed by atoms with Gasteiger partial charge < -0.3 is 25.0 Å². The molecule has 1 aromatic heterocycles. The Labute approximate surface area is 170 Å². The molecule has 1 saturated heterocycles. The SMILES string of the molecule is CCNC(=O)Nc1ccc(-c2nc3c(c(N4CCOC[C@@H]4C)n2)CCCO3)cc1. The van der Waals surface area contributed by atoms with Crippen molar-refractivity contribution in [2.75, 3.05) is 43.1 Å². The number of nitrogens with one attached hydrogen (secondary N) is 2. The Kier molecular flexibility index (Phi) is 5.80. The van der Waals surface area contributed by atoms with Crippen LogP contribution in [-0.4, -0.2) is 55.0 Å². The molecule has 4 rings (SSSR count). The van der Waals surface area contributed by atoms with Gasteiger partial charge in [-0.2, -0.15) is 4.98 Å². The standard InChI is InChI=1S/C21H27N5O3/c1-3-22-21(27)23-16-8-6-15(7-9-16)18-24-19(26-10-12-28-13-14(26)2)17-5-4-11-29-20(17)25-18/h6-9,14H,3-5,10-13H2,1-2H3,(H2,22,23,27)/t14-/m0/s1. The van der Waals surface area contributed by atoms with Gasteiger partial charge in [0, 0.05) is 24.3 Å². The summed E-state index contributed by atoms with van der Waals surface area (Å²) in [6, 6.07) is 7.57. The topological polar surface area (TPSA) is 88.6 Å². The van der Waals surface area contributed by atoms with Crippen molar-refractivity contribution in [1.29, 1.82) is 0 Å². The fraction of sp³-hybridized carbons (Fsp3) is 0.476. The fourth-order valence-corrected chi connectivity index (χ4v) is 3.65. The van der Waals surface area contributed by atoms with E-state index in [1.165, 1.54) is 0 Å². The lowest BCUT2D eigenvalue weighted by atomic mass is 10.1. The molecule has 8 heteroatoms. The number of ether oxygens (including phenoxy) is 2. The molecule has 2 aromatic rings. The molecule has 2 amide bonds. The Bertz CT molecular complexity index is 871. The van der Waals surface area contributed by atoms with E-state index in [9.17, 15) is 4.79 Å². The van der Waals surface area contributed by atoms with Gasteiger partial charge in [0.15, 0.2) is 5.82 Å². The summed E-state index contributed by atoms with van der Waals surface area (Å²) >= 11 is 0. The Morgan fingerprint density at radius 2 is 2.07 bits per heavy atom. The fourth-order valence-electron chi connectivity index (χ4n) is 3.65. The Hall–Kier alpha value is -2.87. The number of fused-ring (bicyclic) bond motifs is 1. The third-order valence-electron chi connectivity index (χ3n) is 5.14. The zero-order valence-corrected chi connectivity index (χ0v) is 16.9. The van der Waals surface area contributed by atoms with Crippen LogP contribution in [0.1, 0.15) is 25.8 Å². The number of morpholine rings is 1. The molecule has 2 N–H and O–H groups in total. The zero-order valence-electron chi connectivity index (χ0n) is 16.9. The van der Waals surface area contributed by atoms with Crippen molar-refractivity contribution in [2.24, 2.45) is 0 Å². The highest BCUT2D eigenvalue weighted by Crippen LogP contribution is 2.34. The van der Waals surface area contributed by atoms with E-state index in [1.54, 1.807) is 0 Å². The van der Waals surface area contributed by atoms with Crippen molar-refractivity contribution in [1.82, 2.24) is 15.3 Å². The molecule has 1 atom stereocenters. The van der Waals surface area contributed by atoms with Gasteiger partial charge in [-0.1, -0.05) is 0 Å². The van der Waals surface area contributed by atoms with Gasteiger partial charge in [0.2, 0.25) is 5.88 Å². The Balaban J connectivity index is 1.65. The summed E-state index contributed by atoms with van der Waals surface area (Å²) in [4.78, 5) is 23.6. The number of urea groups is 1. The second-order valence-corrected chi connectivity index (χ2v) is 7.29. The summed E-state index contributed by atoms with van der Waals surface area (Å²) in [6.45, 7) is 7.48. The molecular weight excluding hydrogens is 370 g/mol. The molecule has 0 bridgehead atoms. The minimum absolute atomic E-state index is 0.220. The zero-order chi connectivity index (χ0) is 20.2. The summed E-state index contributed by atoms with van der Waals surface area (Å²) < 4.78 is 11.5. The van der Waals surface area contributed by atoms with Gasteiger partial charge in [0.25, 0.3) is 0 Å². The van der Waals surface area contributed by atoms with E-state index in [1.807, 2.05) is 31.2 Å². The highest BCUT2D eigenvalue weighted by Gasteiger charge is 2.28. The number of hydrogen-bond donors (Lipinski definition) is 2. The number of carbonyl (C=O) groups is 1. The first-order valence-electron chi connectivity index (χ1n) is 10.2. The van der Waals surface area contributed by atoms with Crippen molar-refractivity contribution in [3.05, 3.63) is 29.8 Å². The van der Waals surface area contributed by atoms with E-state index in [0.29, 0.717) is 38.1 Å². The van der Waals surface area contributed by atoms with Gasteiger partial charge in [-0.05, 0) is 51.0 Å². The molecule has 29 heavy (non-hydrogen) atoms. The maximum absolute atomic E-state index is 11.7. The van der Waals surface area contributed by atoms with E-state index in [4.69, 9.17) is 19.4 Å². The molecule has 0 unspecified atom stereocenters. The van der Waals surface area contributed by atoms with Crippen LogP contribution in [0.2, 0.25) is 0 Å². The molecular formula is C21H27N5O3. The van der Waals surface area contributed by atoms with Gasteiger partial charge in [-0.25, -0.2) is 9.78 Å². The highest BCUT2D eigenvalue weighted by atomic mass is 16.5. The number of rotatable bonds is 4. The highest BCUT2D eigenvalue weighted by molar-refractivity contribution is 5.89. The van der Waals surface area contributed by atoms with Crippen LogP contribution >= 0.6 is 0 Å². The predicted octanol–water partition coefficient (Wildman–Crippen LogP) is 2.84. The average Bonchev–Trinajstić information content (AvgIpc) is 2.74. The van der Waals surface area contributed by atoms with Crippen molar-refractivity contribution in [3.63, 3.8) is 0 Å². The van der Waals surface area contributed by atoms with Crippen molar-refractivity contribution in [2.45, 2.75) is 32.7 Å². The minimum atomic E-state index is -0.220. The van der Waals surface area contributed by atoms with E-state index >= 15 is 0 Å². The van der Waals surface area contributed by atoms with Crippen LogP contribution in [0.3, 0.4) is 0 Å². The maximum Gasteiger partial charge on any atom is 0.319 e. The number of nitrogens with zero attached hydrogens (tertiary/aromatic N) is 3. The quantitative estimate of drug-likeness (QED) is 0.825. The third kappa shape index (κ3) is 4.27. The van der Waals surface area contributed by atoms with Crippen LogP contribution in [-0.2, 0) is 11.2 Å². The molecule has 0 radical (unpaired) electrons. The molecule has 2 aliphatic rings. The lowest BCUT2D eigenvalue weighted by Gasteiger charge is -2.36. The van der Waals surface area contributed by atoms with Crippen LogP contribution in [0, 0.1) is 0 Å². The third-order valence-corrected chi connectivity index (χ3v) is 5.14. The van der Waals surface area contributed by atoms with Crippen LogP contribution < -0.4 is 20.3 Å². The molecule has 1 aromatic carbocycles. The maximum atomic E-state index is 11.7. The molecule has 0 saturated carbocycles. The summed E-state index contributed by atoms with van der Waals surface area (Å²) in [5, 5.41) is 5.52. The molecule has 154 valence electrons. The van der Waals surface area contributed by atoms with E-state index in [0.717, 1.165) is 42.0 Å². The van der Waals surface area contributed by atoms with Crippen LogP contribution in [0.5, 0.6) is 5.88 Å². The monoisotopic (exact) mass is 397 g/mol. The first kappa shape index (κ1) is 19.4. The van der Waals surface area contributed by atoms with E-state index in [-0.39, 0.29) is 12.1 Å². The van der Waals surface area contributed by atoms with Gasteiger partial charge >= 0.3 is 6.03 Å². The van der Waals surface area contributed by atoms with Crippen LogP contribution in [0.25, 0.3) is 11.4 Å². The Morgan fingerprint density at radius 1 is 1.24 bits per heavy atom. The number of aromatic nitrogens is 2. The second kappa shape index (κ2) is 8.65. The molecule has 2 aliphatic heterocycles. The second-order valence-electron chi connectivity index (χ2n) is 7.29. The van der Waals surface area contributed by atoms with Crippen molar-refractivity contribution < 1.29 is 14.3 Å². The summed E-state index contributed by atoms with van der Waals surface area (Å²) in [5.74, 6) is 2.26. The lowest BCUT2D eigenvalue weighted by Crippen LogP contribution is -2.45. The van der Waals surface area contributed by atoms with Gasteiger partial charge in [-0.3, -0.25) is 0 Å². The number of hydrogen-bond acceptors (Lipinski definition) is 6. The lowest BCUT2D eigenvalue weighted by molar-refractivity contribution is 0.0983. The predicted molar refractivity (Wildman–Crippen MR) is 112 cm³/mol. The summed E-state index contributed by atoms with van der Waals surface area (Å²) in [5.41, 5.74) is 2.68. The van der Waals surface area contributed by atoms with E-state index < -0.39 is 0 Å². The summed E-state index contributed by atoms with van der Waals surface area (Å²) in [7, 11) is 0. The minimum Gasteiger partial charge on any atom is -0.477 e. The molecule has 0 spiro atoms. The summed E-state index contributed by atoms with van der Waals surface area (Å²) in [6.07, 6.45) is 1.89. The number of benzene rings is 1. The normalized spacial score (nSPS) is 18.6. The number of carbonyl (C=O) groups excluding carboxylic acids is 1. The largest absolute Gasteiger partial charge is 0.477 e. The average molecular weight is 397 g/mol. The first-order valence-corrected chi connectivity index (χ1v) is 10.2. The molecule has 8 nitrogen and oxygen atoms in total. The van der Waals surface area contributed by atoms with Crippen molar-refractivity contribution in [3.8, 4) is 17.3 Å². The molecule has 1 fully saturated rings. The molecule has 0 aliphatic carbocycles. The number of anilines is 2. The van der Waals surface area contributed by atoms with Gasteiger partial charge in [0.05, 0.1) is 31.4 Å². The molecule has 3 heterocycles. The first-order chi connectivity index (χ1) is 14.2. The van der Waals surface area contributed by atoms with E-state index in [2.05, 4.69) is 22.5 Å². The van der Waals surface area contributed by atoms with Crippen LogP contribution in [0.15, 0.2) is 24.3 Å². The van der Waals surface area contributed by atoms with Gasteiger partial charge in [0.1, 0.15) is 5.82 Å². The Morgan fingerprint density at radius 3 is 2.83 bits per heavy atom. The smallest absolute Gasteiger partial charge is 0.319 e. The van der Waals surface area contributed by atoms with Gasteiger partial charge in [-0.15, -0.1) is 0 Å².